The van der Waals surface area contributed by atoms with Gasteiger partial charge >= 0.3 is 0 Å². The molecule has 4 aromatic rings. The van der Waals surface area contributed by atoms with Crippen LogP contribution in [0.1, 0.15) is 73.7 Å². The smallest absolute Gasteiger partial charge is 0.252 e. The standard InChI is InChI=1S/C30H38N6O/c1-20(2)28(29-32-33-34-36(29)15-14-23-10-6-5-7-11-23)35(26-12-8-9-13-26)19-25-18-24-17-21(3)16-22(4)27(24)31-30(25)37/h5-7,10-11,16-18,20,26,28H,8-9,12-15,19H2,1-4H3,(H,31,37). The van der Waals surface area contributed by atoms with Gasteiger partial charge in [-0.15, -0.1) is 5.10 Å². The molecule has 1 fully saturated rings. The minimum absolute atomic E-state index is 0.00590. The van der Waals surface area contributed by atoms with Crippen LogP contribution in [-0.2, 0) is 19.5 Å². The Balaban J connectivity index is 1.50. The van der Waals surface area contributed by atoms with E-state index < -0.39 is 0 Å². The number of hydrogen-bond donors (Lipinski definition) is 1. The van der Waals surface area contributed by atoms with E-state index in [9.17, 15) is 4.79 Å². The Kier molecular flexibility index (Phi) is 7.51. The Morgan fingerprint density at radius 3 is 2.57 bits per heavy atom. The van der Waals surface area contributed by atoms with E-state index in [0.29, 0.717) is 12.6 Å². The van der Waals surface area contributed by atoms with Gasteiger partial charge in [0.25, 0.3) is 5.56 Å². The second kappa shape index (κ2) is 11.0. The van der Waals surface area contributed by atoms with Crippen molar-refractivity contribution in [1.29, 1.82) is 0 Å². The Hall–Kier alpha value is -3.32. The van der Waals surface area contributed by atoms with E-state index in [1.54, 1.807) is 0 Å². The first kappa shape index (κ1) is 25.3. The number of pyridine rings is 1. The molecule has 0 bridgehead atoms. The van der Waals surface area contributed by atoms with Crippen LogP contribution in [0.3, 0.4) is 0 Å². The molecule has 0 amide bonds. The summed E-state index contributed by atoms with van der Waals surface area (Å²) in [6, 6.07) is 17.2. The van der Waals surface area contributed by atoms with Gasteiger partial charge in [-0.3, -0.25) is 9.69 Å². The van der Waals surface area contributed by atoms with Crippen molar-refractivity contribution in [1.82, 2.24) is 30.1 Å². The fourth-order valence-corrected chi connectivity index (χ4v) is 6.03. The molecule has 7 nitrogen and oxygen atoms in total. The third-order valence-electron chi connectivity index (χ3n) is 7.78. The zero-order valence-corrected chi connectivity index (χ0v) is 22.4. The lowest BCUT2D eigenvalue weighted by atomic mass is 9.97. The normalized spacial score (nSPS) is 15.3. The molecule has 0 saturated heterocycles. The molecule has 194 valence electrons. The van der Waals surface area contributed by atoms with Crippen molar-refractivity contribution in [2.45, 2.75) is 85.0 Å². The van der Waals surface area contributed by atoms with Crippen molar-refractivity contribution in [3.8, 4) is 0 Å². The van der Waals surface area contributed by atoms with Crippen LogP contribution in [0.5, 0.6) is 0 Å². The maximum absolute atomic E-state index is 13.3. The summed E-state index contributed by atoms with van der Waals surface area (Å²) in [5.41, 5.74) is 5.30. The van der Waals surface area contributed by atoms with Gasteiger partial charge in [-0.2, -0.15) is 0 Å². The van der Waals surface area contributed by atoms with Gasteiger partial charge in [0.05, 0.1) is 11.6 Å². The molecular weight excluding hydrogens is 460 g/mol. The lowest BCUT2D eigenvalue weighted by Crippen LogP contribution is -2.41. The largest absolute Gasteiger partial charge is 0.321 e. The van der Waals surface area contributed by atoms with Gasteiger partial charge in [0.15, 0.2) is 5.82 Å². The van der Waals surface area contributed by atoms with Crippen LogP contribution in [0.15, 0.2) is 53.3 Å². The van der Waals surface area contributed by atoms with Crippen LogP contribution >= 0.6 is 0 Å². The third kappa shape index (κ3) is 5.52. The van der Waals surface area contributed by atoms with Gasteiger partial charge in [-0.25, -0.2) is 4.68 Å². The number of hydrogen-bond acceptors (Lipinski definition) is 5. The average Bonchev–Trinajstić information content (AvgIpc) is 3.56. The molecule has 1 saturated carbocycles. The maximum Gasteiger partial charge on any atom is 0.252 e. The number of aromatic amines is 1. The predicted molar refractivity (Wildman–Crippen MR) is 147 cm³/mol. The average molecular weight is 499 g/mol. The molecular formula is C30H38N6O. The number of benzene rings is 2. The molecule has 0 radical (unpaired) electrons. The number of rotatable bonds is 9. The third-order valence-corrected chi connectivity index (χ3v) is 7.78. The zero-order valence-electron chi connectivity index (χ0n) is 22.4. The van der Waals surface area contributed by atoms with E-state index in [-0.39, 0.29) is 17.5 Å². The number of tetrazole rings is 1. The first-order chi connectivity index (χ1) is 17.9. The topological polar surface area (TPSA) is 79.7 Å². The summed E-state index contributed by atoms with van der Waals surface area (Å²) in [6.07, 6.45) is 5.59. The van der Waals surface area contributed by atoms with Gasteiger partial charge in [0.2, 0.25) is 0 Å². The fourth-order valence-electron chi connectivity index (χ4n) is 6.03. The summed E-state index contributed by atoms with van der Waals surface area (Å²) < 4.78 is 1.97. The molecule has 1 atom stereocenters. The molecule has 2 aromatic heterocycles. The van der Waals surface area contributed by atoms with Crippen molar-refractivity contribution >= 4 is 10.9 Å². The molecule has 7 heteroatoms. The Morgan fingerprint density at radius 1 is 1.08 bits per heavy atom. The Labute approximate surface area is 218 Å². The van der Waals surface area contributed by atoms with E-state index in [1.165, 1.54) is 24.0 Å². The Bertz CT molecular complexity index is 1400. The highest BCUT2D eigenvalue weighted by atomic mass is 16.1. The van der Waals surface area contributed by atoms with Crippen LogP contribution < -0.4 is 5.56 Å². The second-order valence-electron chi connectivity index (χ2n) is 11.0. The fraction of sp³-hybridized carbons (Fsp3) is 0.467. The SMILES string of the molecule is Cc1cc(C)c2[nH]c(=O)c(CN(C3CCCC3)C(c3nnnn3CCc3ccccc3)C(C)C)cc2c1. The van der Waals surface area contributed by atoms with Gasteiger partial charge < -0.3 is 4.98 Å². The number of aryl methyl sites for hydroxylation is 4. The highest BCUT2D eigenvalue weighted by Gasteiger charge is 2.35. The van der Waals surface area contributed by atoms with E-state index in [2.05, 4.69) is 95.6 Å². The number of nitrogens with zero attached hydrogens (tertiary/aromatic N) is 5. The van der Waals surface area contributed by atoms with Gasteiger partial charge in [0, 0.05) is 24.7 Å². The molecule has 1 unspecified atom stereocenters. The van der Waals surface area contributed by atoms with Crippen LogP contribution in [0.25, 0.3) is 10.9 Å². The predicted octanol–water partition coefficient (Wildman–Crippen LogP) is 5.52. The van der Waals surface area contributed by atoms with Crippen molar-refractivity contribution in [3.05, 3.63) is 87.0 Å². The number of nitrogens with one attached hydrogen (secondary N) is 1. The lowest BCUT2D eigenvalue weighted by molar-refractivity contribution is 0.0840. The molecule has 1 aliphatic rings. The van der Waals surface area contributed by atoms with Crippen molar-refractivity contribution in [3.63, 3.8) is 0 Å². The van der Waals surface area contributed by atoms with E-state index in [4.69, 9.17) is 0 Å². The first-order valence-electron chi connectivity index (χ1n) is 13.6. The summed E-state index contributed by atoms with van der Waals surface area (Å²) in [5, 5.41) is 14.1. The first-order valence-corrected chi connectivity index (χ1v) is 13.6. The van der Waals surface area contributed by atoms with E-state index >= 15 is 0 Å². The zero-order chi connectivity index (χ0) is 25.9. The maximum atomic E-state index is 13.3. The van der Waals surface area contributed by atoms with Crippen LogP contribution in [0, 0.1) is 19.8 Å². The van der Waals surface area contributed by atoms with E-state index in [1.807, 2.05) is 10.7 Å². The van der Waals surface area contributed by atoms with Crippen LogP contribution in [0.4, 0.5) is 0 Å². The van der Waals surface area contributed by atoms with Gasteiger partial charge in [0.1, 0.15) is 0 Å². The highest BCUT2D eigenvalue weighted by Crippen LogP contribution is 2.36. The highest BCUT2D eigenvalue weighted by molar-refractivity contribution is 5.82. The number of aromatic nitrogens is 5. The minimum Gasteiger partial charge on any atom is -0.321 e. The Morgan fingerprint density at radius 2 is 1.84 bits per heavy atom. The molecule has 0 spiro atoms. The second-order valence-corrected chi connectivity index (χ2v) is 11.0. The van der Waals surface area contributed by atoms with Gasteiger partial charge in [-0.05, 0) is 78.1 Å². The van der Waals surface area contributed by atoms with Crippen molar-refractivity contribution in [2.75, 3.05) is 0 Å². The van der Waals surface area contributed by atoms with Crippen LogP contribution in [0.2, 0.25) is 0 Å². The molecule has 2 heterocycles. The molecule has 1 N–H and O–H groups in total. The lowest BCUT2D eigenvalue weighted by Gasteiger charge is -2.38. The molecule has 1 aliphatic carbocycles. The quantitative estimate of drug-likeness (QED) is 0.329. The van der Waals surface area contributed by atoms with Crippen molar-refractivity contribution < 1.29 is 0 Å². The molecule has 5 rings (SSSR count). The monoisotopic (exact) mass is 498 g/mol. The molecule has 0 aliphatic heterocycles. The number of H-pyrrole nitrogens is 1. The summed E-state index contributed by atoms with van der Waals surface area (Å²) in [4.78, 5) is 19.0. The summed E-state index contributed by atoms with van der Waals surface area (Å²) in [6.45, 7) is 9.94. The van der Waals surface area contributed by atoms with Gasteiger partial charge in [-0.1, -0.05) is 68.7 Å². The summed E-state index contributed by atoms with van der Waals surface area (Å²) in [5.74, 6) is 1.17. The molecule has 2 aromatic carbocycles. The number of fused-ring (bicyclic) bond motifs is 1. The molecule has 37 heavy (non-hydrogen) atoms. The summed E-state index contributed by atoms with van der Waals surface area (Å²) >= 11 is 0. The van der Waals surface area contributed by atoms with Crippen molar-refractivity contribution in [2.24, 2.45) is 5.92 Å². The minimum atomic E-state index is -0.00590. The summed E-state index contributed by atoms with van der Waals surface area (Å²) in [7, 11) is 0. The van der Waals surface area contributed by atoms with Crippen LogP contribution in [-0.4, -0.2) is 36.1 Å². The van der Waals surface area contributed by atoms with E-state index in [0.717, 1.165) is 53.7 Å².